The van der Waals surface area contributed by atoms with Crippen LogP contribution in [0.25, 0.3) is 0 Å². The average Bonchev–Trinajstić information content (AvgIpc) is 3.23. The van der Waals surface area contributed by atoms with Gasteiger partial charge in [0.2, 0.25) is 5.91 Å². The molecule has 0 bridgehead atoms. The number of morpholine rings is 1. The highest BCUT2D eigenvalue weighted by atomic mass is 16.5. The second kappa shape index (κ2) is 10.9. The summed E-state index contributed by atoms with van der Waals surface area (Å²) in [6.07, 6.45) is 2.50. The lowest BCUT2D eigenvalue weighted by molar-refractivity contribution is -0.136. The van der Waals surface area contributed by atoms with Crippen LogP contribution in [0.2, 0.25) is 0 Å². The molecule has 2 aliphatic rings. The van der Waals surface area contributed by atoms with Crippen LogP contribution in [0, 0.1) is 11.8 Å². The zero-order chi connectivity index (χ0) is 21.5. The van der Waals surface area contributed by atoms with Gasteiger partial charge in [-0.15, -0.1) is 0 Å². The van der Waals surface area contributed by atoms with E-state index in [0.717, 1.165) is 63.6 Å². The van der Waals surface area contributed by atoms with Gasteiger partial charge in [0, 0.05) is 32.1 Å². The molecule has 1 aromatic carbocycles. The van der Waals surface area contributed by atoms with Crippen molar-refractivity contribution < 1.29 is 14.1 Å². The van der Waals surface area contributed by atoms with Crippen molar-refractivity contribution >= 4 is 5.91 Å². The molecule has 1 aromatic heterocycles. The quantitative estimate of drug-likeness (QED) is 0.699. The van der Waals surface area contributed by atoms with Crippen molar-refractivity contribution in [2.24, 2.45) is 11.8 Å². The summed E-state index contributed by atoms with van der Waals surface area (Å²) < 4.78 is 11.0. The standard InChI is InChI=1S/C24H34N4O3/c1-27(17-19-5-3-2-4-6-19)18-23-15-22(26-31-23)13-21-16-25-8-7-20(21)14-24(29)28-9-11-30-12-10-28/h2-6,15,20-21,25H,7-14,16-18H2,1H3/t20-,21+/m0/s1. The zero-order valence-corrected chi connectivity index (χ0v) is 18.5. The largest absolute Gasteiger partial charge is 0.378 e. The van der Waals surface area contributed by atoms with E-state index >= 15 is 0 Å². The molecule has 31 heavy (non-hydrogen) atoms. The molecule has 0 spiro atoms. The highest BCUT2D eigenvalue weighted by Crippen LogP contribution is 2.27. The molecule has 1 N–H and O–H groups in total. The van der Waals surface area contributed by atoms with E-state index in [1.165, 1.54) is 5.56 Å². The third-order valence-corrected chi connectivity index (χ3v) is 6.37. The first-order valence-electron chi connectivity index (χ1n) is 11.4. The minimum atomic E-state index is 0.267. The lowest BCUT2D eigenvalue weighted by Crippen LogP contribution is -2.44. The van der Waals surface area contributed by atoms with Gasteiger partial charge in [0.05, 0.1) is 25.5 Å². The van der Waals surface area contributed by atoms with Gasteiger partial charge in [-0.05, 0) is 50.4 Å². The van der Waals surface area contributed by atoms with Crippen molar-refractivity contribution in [3.8, 4) is 0 Å². The summed E-state index contributed by atoms with van der Waals surface area (Å²) >= 11 is 0. The molecule has 1 amide bonds. The third-order valence-electron chi connectivity index (χ3n) is 6.37. The number of aromatic nitrogens is 1. The summed E-state index contributed by atoms with van der Waals surface area (Å²) in [5, 5.41) is 7.83. The van der Waals surface area contributed by atoms with Crippen molar-refractivity contribution in [1.82, 2.24) is 20.3 Å². The SMILES string of the molecule is CN(Cc1ccccc1)Cc1cc(C[C@@H]2CNCC[C@H]2CC(=O)N2CCOCC2)no1. The van der Waals surface area contributed by atoms with Gasteiger partial charge in [0.25, 0.3) is 0 Å². The predicted molar refractivity (Wildman–Crippen MR) is 118 cm³/mol. The Bertz CT molecular complexity index is 819. The Morgan fingerprint density at radius 3 is 2.81 bits per heavy atom. The van der Waals surface area contributed by atoms with Crippen molar-refractivity contribution in [1.29, 1.82) is 0 Å². The lowest BCUT2D eigenvalue weighted by atomic mass is 9.81. The fourth-order valence-corrected chi connectivity index (χ4v) is 4.66. The van der Waals surface area contributed by atoms with E-state index in [-0.39, 0.29) is 5.91 Å². The number of benzene rings is 1. The Labute approximate surface area is 184 Å². The number of carbonyl (C=O) groups excluding carboxylic acids is 1. The van der Waals surface area contributed by atoms with Gasteiger partial charge < -0.3 is 19.5 Å². The number of carbonyl (C=O) groups is 1. The Kier molecular flexibility index (Phi) is 7.72. The third kappa shape index (κ3) is 6.38. The van der Waals surface area contributed by atoms with Crippen LogP contribution in [-0.4, -0.2) is 67.3 Å². The highest BCUT2D eigenvalue weighted by molar-refractivity contribution is 5.76. The molecule has 0 radical (unpaired) electrons. The minimum absolute atomic E-state index is 0.267. The maximum absolute atomic E-state index is 12.8. The number of rotatable bonds is 8. The van der Waals surface area contributed by atoms with Crippen LogP contribution in [0.4, 0.5) is 0 Å². The molecule has 0 saturated carbocycles. The number of ether oxygens (including phenoxy) is 1. The predicted octanol–water partition coefficient (Wildman–Crippen LogP) is 2.32. The molecule has 2 aromatic rings. The van der Waals surface area contributed by atoms with Crippen LogP contribution >= 0.6 is 0 Å². The Balaban J connectivity index is 1.30. The van der Waals surface area contributed by atoms with E-state index in [0.29, 0.717) is 31.5 Å². The monoisotopic (exact) mass is 426 g/mol. The normalized spacial score (nSPS) is 22.1. The average molecular weight is 427 g/mol. The molecule has 7 nitrogen and oxygen atoms in total. The van der Waals surface area contributed by atoms with E-state index in [4.69, 9.17) is 9.26 Å². The molecular weight excluding hydrogens is 392 g/mol. The Hall–Kier alpha value is -2.22. The van der Waals surface area contributed by atoms with Crippen LogP contribution in [0.5, 0.6) is 0 Å². The molecule has 2 saturated heterocycles. The van der Waals surface area contributed by atoms with Crippen LogP contribution in [0.1, 0.15) is 29.9 Å². The van der Waals surface area contributed by atoms with Crippen LogP contribution < -0.4 is 5.32 Å². The topological polar surface area (TPSA) is 70.8 Å². The van der Waals surface area contributed by atoms with Gasteiger partial charge in [0.1, 0.15) is 0 Å². The first-order valence-corrected chi connectivity index (χ1v) is 11.4. The van der Waals surface area contributed by atoms with E-state index < -0.39 is 0 Å². The molecule has 168 valence electrons. The van der Waals surface area contributed by atoms with E-state index in [2.05, 4.69) is 52.8 Å². The number of hydrogen-bond donors (Lipinski definition) is 1. The Morgan fingerprint density at radius 1 is 1.19 bits per heavy atom. The second-order valence-corrected chi connectivity index (χ2v) is 8.86. The molecule has 0 aliphatic carbocycles. The van der Waals surface area contributed by atoms with Crippen LogP contribution in [0.15, 0.2) is 40.9 Å². The zero-order valence-electron chi connectivity index (χ0n) is 18.5. The van der Waals surface area contributed by atoms with Crippen LogP contribution in [-0.2, 0) is 29.0 Å². The molecule has 3 heterocycles. The summed E-state index contributed by atoms with van der Waals surface area (Å²) in [6, 6.07) is 12.5. The highest BCUT2D eigenvalue weighted by Gasteiger charge is 2.30. The smallest absolute Gasteiger partial charge is 0.223 e. The number of nitrogens with one attached hydrogen (secondary N) is 1. The fourth-order valence-electron chi connectivity index (χ4n) is 4.66. The van der Waals surface area contributed by atoms with E-state index in [1.54, 1.807) is 0 Å². The second-order valence-electron chi connectivity index (χ2n) is 8.86. The first-order chi connectivity index (χ1) is 15.2. The summed E-state index contributed by atoms with van der Waals surface area (Å²) in [6.45, 7) is 6.25. The fraction of sp³-hybridized carbons (Fsp3) is 0.583. The summed E-state index contributed by atoms with van der Waals surface area (Å²) in [4.78, 5) is 16.9. The summed E-state index contributed by atoms with van der Waals surface area (Å²) in [5.41, 5.74) is 2.27. The molecule has 2 atom stereocenters. The number of piperidine rings is 1. The molecule has 4 rings (SSSR count). The van der Waals surface area contributed by atoms with Gasteiger partial charge in [-0.1, -0.05) is 35.5 Å². The number of nitrogens with zero attached hydrogens (tertiary/aromatic N) is 3. The van der Waals surface area contributed by atoms with Gasteiger partial charge >= 0.3 is 0 Å². The molecule has 2 fully saturated rings. The molecule has 7 heteroatoms. The lowest BCUT2D eigenvalue weighted by Gasteiger charge is -2.34. The van der Waals surface area contributed by atoms with Crippen molar-refractivity contribution in [2.45, 2.75) is 32.4 Å². The maximum Gasteiger partial charge on any atom is 0.223 e. The van der Waals surface area contributed by atoms with Gasteiger partial charge in [-0.3, -0.25) is 9.69 Å². The van der Waals surface area contributed by atoms with Crippen molar-refractivity contribution in [3.05, 3.63) is 53.4 Å². The first kappa shape index (κ1) is 22.0. The summed E-state index contributed by atoms with van der Waals surface area (Å²) in [7, 11) is 2.09. The van der Waals surface area contributed by atoms with Crippen molar-refractivity contribution in [3.63, 3.8) is 0 Å². The van der Waals surface area contributed by atoms with E-state index in [9.17, 15) is 4.79 Å². The number of hydrogen-bond acceptors (Lipinski definition) is 6. The van der Waals surface area contributed by atoms with Crippen molar-refractivity contribution in [2.75, 3.05) is 46.4 Å². The van der Waals surface area contributed by atoms with E-state index in [1.807, 2.05) is 11.0 Å². The van der Waals surface area contributed by atoms with Gasteiger partial charge in [-0.2, -0.15) is 0 Å². The molecule has 2 aliphatic heterocycles. The minimum Gasteiger partial charge on any atom is -0.378 e. The number of amides is 1. The van der Waals surface area contributed by atoms with Crippen LogP contribution in [0.3, 0.4) is 0 Å². The van der Waals surface area contributed by atoms with Gasteiger partial charge in [-0.25, -0.2) is 0 Å². The Morgan fingerprint density at radius 2 is 2.00 bits per heavy atom. The summed E-state index contributed by atoms with van der Waals surface area (Å²) in [5.74, 6) is 1.94. The maximum atomic E-state index is 12.8. The molecule has 0 unspecified atom stereocenters. The molecular formula is C24H34N4O3. The van der Waals surface area contributed by atoms with Gasteiger partial charge in [0.15, 0.2) is 5.76 Å².